The van der Waals surface area contributed by atoms with Crippen LogP contribution in [-0.4, -0.2) is 5.78 Å². The van der Waals surface area contributed by atoms with Crippen LogP contribution >= 0.6 is 49.9 Å². The van der Waals surface area contributed by atoms with Crippen molar-refractivity contribution >= 4 is 65.7 Å². The highest BCUT2D eigenvalue weighted by Crippen LogP contribution is 2.35. The van der Waals surface area contributed by atoms with Gasteiger partial charge in [0.05, 0.1) is 0 Å². The number of aryl methyl sites for hydroxylation is 1. The van der Waals surface area contributed by atoms with Gasteiger partial charge in [0.15, 0.2) is 5.78 Å². The Bertz CT molecular complexity index is 559. The molecule has 1 heterocycles. The van der Waals surface area contributed by atoms with Crippen molar-refractivity contribution in [3.63, 3.8) is 0 Å². The van der Waals surface area contributed by atoms with Crippen LogP contribution in [0.2, 0.25) is 0 Å². The van der Waals surface area contributed by atoms with Gasteiger partial charge in [-0.1, -0.05) is 0 Å². The van der Waals surface area contributed by atoms with Gasteiger partial charge in [0, 0.05) is 28.6 Å². The summed E-state index contributed by atoms with van der Waals surface area (Å²) in [4.78, 5) is 12.6. The Labute approximate surface area is 114 Å². The van der Waals surface area contributed by atoms with E-state index in [-0.39, 0.29) is 5.78 Å². The van der Waals surface area contributed by atoms with E-state index >= 15 is 0 Å². The molecule has 1 aromatic carbocycles. The SMILES string of the molecule is CC(=O)c1c(C)sc2cc(Br)c(I)cc12. The largest absolute Gasteiger partial charge is 0.294 e. The second kappa shape index (κ2) is 4.14. The summed E-state index contributed by atoms with van der Waals surface area (Å²) in [7, 11) is 0. The first-order valence-electron chi connectivity index (χ1n) is 4.40. The van der Waals surface area contributed by atoms with Crippen LogP contribution in [0.15, 0.2) is 16.6 Å². The highest BCUT2D eigenvalue weighted by Gasteiger charge is 2.14. The van der Waals surface area contributed by atoms with Crippen molar-refractivity contribution in [1.82, 2.24) is 0 Å². The number of hydrogen-bond acceptors (Lipinski definition) is 2. The van der Waals surface area contributed by atoms with Crippen LogP contribution < -0.4 is 0 Å². The minimum atomic E-state index is 0.150. The van der Waals surface area contributed by atoms with Gasteiger partial charge in [0.1, 0.15) is 0 Å². The molecular formula is C11H8BrIOS. The lowest BCUT2D eigenvalue weighted by atomic mass is 10.1. The van der Waals surface area contributed by atoms with E-state index in [2.05, 4.69) is 50.7 Å². The predicted molar refractivity (Wildman–Crippen MR) is 77.0 cm³/mol. The van der Waals surface area contributed by atoms with Crippen molar-refractivity contribution in [2.45, 2.75) is 13.8 Å². The molecule has 0 aliphatic heterocycles. The van der Waals surface area contributed by atoms with Crippen molar-refractivity contribution in [1.29, 1.82) is 0 Å². The van der Waals surface area contributed by atoms with Crippen LogP contribution in [0.4, 0.5) is 0 Å². The summed E-state index contributed by atoms with van der Waals surface area (Å²) in [5.41, 5.74) is 0.875. The van der Waals surface area contributed by atoms with Gasteiger partial charge in [-0.05, 0) is 64.5 Å². The standard InChI is InChI=1S/C11H8BrIOS/c1-5(14)11-6(2)15-10-4-8(12)9(13)3-7(10)11/h3-4H,1-2H3. The van der Waals surface area contributed by atoms with Gasteiger partial charge in [-0.2, -0.15) is 0 Å². The first kappa shape index (κ1) is 11.5. The van der Waals surface area contributed by atoms with Crippen LogP contribution in [0.3, 0.4) is 0 Å². The molecule has 0 unspecified atom stereocenters. The summed E-state index contributed by atoms with van der Waals surface area (Å²) in [6.07, 6.45) is 0. The average Bonchev–Trinajstić information content (AvgIpc) is 2.41. The Hall–Kier alpha value is 0.0600. The molecular weight excluding hydrogens is 387 g/mol. The molecule has 0 spiro atoms. The monoisotopic (exact) mass is 394 g/mol. The molecule has 0 N–H and O–H groups in total. The highest BCUT2D eigenvalue weighted by molar-refractivity contribution is 14.1. The molecule has 4 heteroatoms. The molecule has 78 valence electrons. The van der Waals surface area contributed by atoms with Crippen LogP contribution in [-0.2, 0) is 0 Å². The molecule has 1 aromatic heterocycles. The summed E-state index contributed by atoms with van der Waals surface area (Å²) in [5, 5.41) is 1.08. The third kappa shape index (κ3) is 1.99. The van der Waals surface area contributed by atoms with E-state index in [4.69, 9.17) is 0 Å². The Morgan fingerprint density at radius 2 is 2.13 bits per heavy atom. The first-order valence-corrected chi connectivity index (χ1v) is 7.08. The zero-order chi connectivity index (χ0) is 11.2. The average molecular weight is 395 g/mol. The molecule has 0 aliphatic rings. The van der Waals surface area contributed by atoms with E-state index in [1.54, 1.807) is 18.3 Å². The summed E-state index contributed by atoms with van der Waals surface area (Å²) >= 11 is 7.45. The van der Waals surface area contributed by atoms with Crippen LogP contribution in [0.5, 0.6) is 0 Å². The predicted octanol–water partition coefficient (Wildman–Crippen LogP) is 4.78. The molecule has 0 atom stereocenters. The molecule has 0 bridgehead atoms. The van der Waals surface area contributed by atoms with E-state index in [1.807, 2.05) is 6.92 Å². The number of thiophene rings is 1. The Kier molecular flexibility index (Phi) is 3.19. The summed E-state index contributed by atoms with van der Waals surface area (Å²) in [6, 6.07) is 4.15. The Morgan fingerprint density at radius 3 is 2.73 bits per heavy atom. The summed E-state index contributed by atoms with van der Waals surface area (Å²) in [5.74, 6) is 0.150. The highest BCUT2D eigenvalue weighted by atomic mass is 127. The molecule has 2 rings (SSSR count). The van der Waals surface area contributed by atoms with Gasteiger partial charge in [0.2, 0.25) is 0 Å². The second-order valence-electron chi connectivity index (χ2n) is 3.35. The Morgan fingerprint density at radius 1 is 1.47 bits per heavy atom. The van der Waals surface area contributed by atoms with Gasteiger partial charge in [-0.15, -0.1) is 11.3 Å². The Balaban J connectivity index is 2.87. The molecule has 1 nitrogen and oxygen atoms in total. The number of fused-ring (bicyclic) bond motifs is 1. The number of carbonyl (C=O) groups excluding carboxylic acids is 1. The quantitative estimate of drug-likeness (QED) is 0.502. The minimum absolute atomic E-state index is 0.150. The smallest absolute Gasteiger partial charge is 0.161 e. The lowest BCUT2D eigenvalue weighted by molar-refractivity contribution is 0.101. The van der Waals surface area contributed by atoms with E-state index in [9.17, 15) is 4.79 Å². The molecule has 2 aromatic rings. The van der Waals surface area contributed by atoms with E-state index in [0.29, 0.717) is 0 Å². The molecule has 0 fully saturated rings. The van der Waals surface area contributed by atoms with Gasteiger partial charge in [0.25, 0.3) is 0 Å². The molecule has 15 heavy (non-hydrogen) atoms. The molecule has 0 saturated carbocycles. The maximum Gasteiger partial charge on any atom is 0.161 e. The third-order valence-electron chi connectivity index (χ3n) is 2.26. The number of rotatable bonds is 1. The number of halogens is 2. The van der Waals surface area contributed by atoms with Crippen molar-refractivity contribution in [2.24, 2.45) is 0 Å². The number of carbonyl (C=O) groups is 1. The fourth-order valence-corrected chi connectivity index (χ4v) is 3.75. The van der Waals surface area contributed by atoms with Gasteiger partial charge < -0.3 is 0 Å². The maximum atomic E-state index is 11.5. The first-order chi connectivity index (χ1) is 7.00. The fourth-order valence-electron chi connectivity index (χ4n) is 1.65. The van der Waals surface area contributed by atoms with Crippen molar-refractivity contribution in [2.75, 3.05) is 0 Å². The van der Waals surface area contributed by atoms with Crippen molar-refractivity contribution < 1.29 is 4.79 Å². The topological polar surface area (TPSA) is 17.1 Å². The minimum Gasteiger partial charge on any atom is -0.294 e. The fraction of sp³-hybridized carbons (Fsp3) is 0.182. The molecule has 0 aliphatic carbocycles. The van der Waals surface area contributed by atoms with Crippen LogP contribution in [0.1, 0.15) is 22.2 Å². The normalized spacial score (nSPS) is 10.9. The van der Waals surface area contributed by atoms with E-state index < -0.39 is 0 Å². The number of Topliss-reactive ketones (excluding diaryl/α,β-unsaturated/α-hetero) is 1. The van der Waals surface area contributed by atoms with E-state index in [1.165, 1.54) is 4.70 Å². The summed E-state index contributed by atoms with van der Waals surface area (Å²) < 4.78 is 3.40. The maximum absolute atomic E-state index is 11.5. The van der Waals surface area contributed by atoms with Crippen LogP contribution in [0.25, 0.3) is 10.1 Å². The summed E-state index contributed by atoms with van der Waals surface area (Å²) in [6.45, 7) is 3.63. The zero-order valence-corrected chi connectivity index (χ0v) is 12.8. The number of hydrogen-bond donors (Lipinski definition) is 0. The molecule has 0 saturated heterocycles. The second-order valence-corrected chi connectivity index (χ2v) is 6.62. The zero-order valence-electron chi connectivity index (χ0n) is 8.23. The van der Waals surface area contributed by atoms with Gasteiger partial charge >= 0.3 is 0 Å². The number of benzene rings is 1. The lowest BCUT2D eigenvalue weighted by Crippen LogP contribution is -1.92. The lowest BCUT2D eigenvalue weighted by Gasteiger charge is -1.98. The van der Waals surface area contributed by atoms with Gasteiger partial charge in [-0.25, -0.2) is 0 Å². The molecule has 0 amide bonds. The van der Waals surface area contributed by atoms with Gasteiger partial charge in [-0.3, -0.25) is 4.79 Å². The van der Waals surface area contributed by atoms with E-state index in [0.717, 1.165) is 23.9 Å². The third-order valence-corrected chi connectivity index (χ3v) is 5.62. The number of ketones is 1. The van der Waals surface area contributed by atoms with Crippen LogP contribution in [0, 0.1) is 10.5 Å². The van der Waals surface area contributed by atoms with Crippen molar-refractivity contribution in [3.05, 3.63) is 30.6 Å². The van der Waals surface area contributed by atoms with Crippen molar-refractivity contribution in [3.8, 4) is 0 Å². The molecule has 0 radical (unpaired) electrons.